The molecule has 2 atom stereocenters. The molecule has 0 bridgehead atoms. The molecule has 2 aromatic heterocycles. The number of hydrogen-bond acceptors (Lipinski definition) is 5. The van der Waals surface area contributed by atoms with Crippen LogP contribution in [0.15, 0.2) is 60.9 Å². The van der Waals surface area contributed by atoms with Gasteiger partial charge < -0.3 is 16.0 Å². The van der Waals surface area contributed by atoms with E-state index in [4.69, 9.17) is 5.73 Å². The fourth-order valence-electron chi connectivity index (χ4n) is 4.43. The Hall–Kier alpha value is -4.55. The molecule has 5 rings (SSSR count). The summed E-state index contributed by atoms with van der Waals surface area (Å²) in [5.41, 5.74) is 4.59. The van der Waals surface area contributed by atoms with Crippen molar-refractivity contribution in [1.29, 1.82) is 0 Å². The van der Waals surface area contributed by atoms with Crippen molar-refractivity contribution in [3.8, 4) is 11.3 Å². The molecule has 3 N–H and O–H groups in total. The Bertz CT molecular complexity index is 1550. The van der Waals surface area contributed by atoms with Crippen LogP contribution >= 0.6 is 0 Å². The fourth-order valence-corrected chi connectivity index (χ4v) is 4.43. The van der Waals surface area contributed by atoms with E-state index in [0.29, 0.717) is 0 Å². The first-order valence-corrected chi connectivity index (χ1v) is 11.3. The molecule has 13 heteroatoms. The predicted molar refractivity (Wildman–Crippen MR) is 126 cm³/mol. The van der Waals surface area contributed by atoms with E-state index >= 15 is 0 Å². The summed E-state index contributed by atoms with van der Waals surface area (Å²) in [7, 11) is 0. The van der Waals surface area contributed by atoms with Crippen LogP contribution < -0.4 is 11.1 Å². The maximum Gasteiger partial charge on any atom is 0.418 e. The van der Waals surface area contributed by atoms with Gasteiger partial charge in [0, 0.05) is 23.2 Å². The summed E-state index contributed by atoms with van der Waals surface area (Å²) in [5.74, 6) is -2.23. The number of nitrogens with one attached hydrogen (secondary N) is 1. The van der Waals surface area contributed by atoms with Crippen molar-refractivity contribution >= 4 is 23.1 Å². The van der Waals surface area contributed by atoms with Crippen molar-refractivity contribution < 1.29 is 31.5 Å². The molecule has 0 radical (unpaired) electrons. The first-order valence-electron chi connectivity index (χ1n) is 11.3. The van der Waals surface area contributed by atoms with Crippen LogP contribution in [-0.4, -0.2) is 56.6 Å². The first kappa shape index (κ1) is 25.1. The van der Waals surface area contributed by atoms with E-state index < -0.39 is 47.1 Å². The number of halogens is 5. The molecule has 2 aromatic carbocycles. The summed E-state index contributed by atoms with van der Waals surface area (Å²) in [4.78, 5) is 30.4. The summed E-state index contributed by atoms with van der Waals surface area (Å²) in [6.07, 6.45) is -5.30. The van der Waals surface area contributed by atoms with Crippen LogP contribution in [0.4, 0.5) is 27.8 Å². The quantitative estimate of drug-likeness (QED) is 0.392. The molecule has 0 aliphatic carbocycles. The minimum atomic E-state index is -4.73. The molecule has 8 nitrogen and oxygen atoms in total. The molecule has 2 amide bonds. The highest BCUT2D eigenvalue weighted by Crippen LogP contribution is 2.38. The number of fused-ring (bicyclic) bond motifs is 1. The molecule has 1 saturated heterocycles. The largest absolute Gasteiger partial charge is 0.418 e. The number of carbonyl (C=O) groups is 2. The number of nitrogens with two attached hydrogens (primary N) is 1. The summed E-state index contributed by atoms with van der Waals surface area (Å²) in [5, 5.41) is 6.42. The normalized spacial score (nSPS) is 17.7. The zero-order chi connectivity index (χ0) is 27.2. The highest BCUT2D eigenvalue weighted by Gasteiger charge is 2.38. The number of benzene rings is 2. The van der Waals surface area contributed by atoms with Gasteiger partial charge in [-0.25, -0.2) is 18.3 Å². The molecule has 1 aliphatic heterocycles. The third kappa shape index (κ3) is 4.62. The predicted octanol–water partition coefficient (Wildman–Crippen LogP) is 3.73. The molecule has 0 unspecified atom stereocenters. The number of aromatic nitrogens is 3. The third-order valence-electron chi connectivity index (χ3n) is 6.23. The van der Waals surface area contributed by atoms with Gasteiger partial charge in [0.2, 0.25) is 0 Å². The maximum atomic E-state index is 14.7. The minimum Gasteiger partial charge on any atom is -0.382 e. The van der Waals surface area contributed by atoms with Gasteiger partial charge in [-0.3, -0.25) is 9.59 Å². The van der Waals surface area contributed by atoms with Crippen molar-refractivity contribution in [2.75, 3.05) is 18.8 Å². The molecule has 4 aromatic rings. The van der Waals surface area contributed by atoms with Crippen molar-refractivity contribution in [3.05, 3.63) is 83.4 Å². The first-order chi connectivity index (χ1) is 18.0. The van der Waals surface area contributed by atoms with Gasteiger partial charge in [0.05, 0.1) is 23.8 Å². The van der Waals surface area contributed by atoms with E-state index in [-0.39, 0.29) is 41.3 Å². The standard InChI is InChI=1S/C25H19F5N6O2/c26-16-6-2-5-15(8-16)24(38)35-10-18(27)19(11-35)34-23(37)14-4-1-3-13(7-14)20-9-17(25(28,29)30)21-22(31)32-12-33-36(20)21/h1-9,12,18-19H,10-11H2,(H,34,37)(H2,31,32,33)/t18-,19+/m0/s1. The second kappa shape index (κ2) is 9.39. The van der Waals surface area contributed by atoms with Crippen LogP contribution in [0.25, 0.3) is 16.8 Å². The van der Waals surface area contributed by atoms with Gasteiger partial charge in [-0.15, -0.1) is 0 Å². The zero-order valence-corrected chi connectivity index (χ0v) is 19.4. The van der Waals surface area contributed by atoms with Crippen LogP contribution in [-0.2, 0) is 6.18 Å². The maximum absolute atomic E-state index is 14.7. The second-order valence-electron chi connectivity index (χ2n) is 8.74. The number of likely N-dealkylation sites (tertiary alicyclic amines) is 1. The monoisotopic (exact) mass is 530 g/mol. The number of carbonyl (C=O) groups excluding carboxylic acids is 2. The van der Waals surface area contributed by atoms with E-state index in [9.17, 15) is 31.5 Å². The van der Waals surface area contributed by atoms with Crippen LogP contribution in [0.5, 0.6) is 0 Å². The lowest BCUT2D eigenvalue weighted by molar-refractivity contribution is -0.136. The highest BCUT2D eigenvalue weighted by atomic mass is 19.4. The van der Waals surface area contributed by atoms with E-state index in [2.05, 4.69) is 15.4 Å². The van der Waals surface area contributed by atoms with Gasteiger partial charge >= 0.3 is 6.18 Å². The van der Waals surface area contributed by atoms with Crippen molar-refractivity contribution in [1.82, 2.24) is 24.8 Å². The number of amides is 2. The number of nitrogen functional groups attached to an aromatic ring is 1. The van der Waals surface area contributed by atoms with E-state index in [1.165, 1.54) is 47.4 Å². The van der Waals surface area contributed by atoms with Gasteiger partial charge in [-0.05, 0) is 36.4 Å². The fraction of sp³-hybridized carbons (Fsp3) is 0.200. The molecule has 1 aliphatic rings. The van der Waals surface area contributed by atoms with E-state index in [1.807, 2.05) is 0 Å². The van der Waals surface area contributed by atoms with E-state index in [0.717, 1.165) is 23.0 Å². The van der Waals surface area contributed by atoms with Crippen LogP contribution in [0.2, 0.25) is 0 Å². The number of hydrogen-bond donors (Lipinski definition) is 2. The molecule has 196 valence electrons. The van der Waals surface area contributed by atoms with Crippen molar-refractivity contribution in [2.24, 2.45) is 0 Å². The Kier molecular flexibility index (Phi) is 6.21. The molecule has 3 heterocycles. The lowest BCUT2D eigenvalue weighted by Gasteiger charge is -2.17. The summed E-state index contributed by atoms with van der Waals surface area (Å²) < 4.78 is 70.1. The smallest absolute Gasteiger partial charge is 0.382 e. The molecule has 0 saturated carbocycles. The number of nitrogens with zero attached hydrogens (tertiary/aromatic N) is 4. The Morgan fingerprint density at radius 2 is 1.76 bits per heavy atom. The van der Waals surface area contributed by atoms with E-state index in [1.54, 1.807) is 0 Å². The lowest BCUT2D eigenvalue weighted by atomic mass is 10.1. The second-order valence-corrected chi connectivity index (χ2v) is 8.74. The summed E-state index contributed by atoms with van der Waals surface area (Å²) >= 11 is 0. The molecular weight excluding hydrogens is 511 g/mol. The summed E-state index contributed by atoms with van der Waals surface area (Å²) in [6.45, 7) is -0.436. The molecule has 38 heavy (non-hydrogen) atoms. The number of anilines is 1. The molecule has 1 fully saturated rings. The average molecular weight is 530 g/mol. The Morgan fingerprint density at radius 1 is 1.03 bits per heavy atom. The third-order valence-corrected chi connectivity index (χ3v) is 6.23. The Balaban J connectivity index is 1.38. The minimum absolute atomic E-state index is 0.0205. The topological polar surface area (TPSA) is 106 Å². The number of rotatable bonds is 4. The lowest BCUT2D eigenvalue weighted by Crippen LogP contribution is -2.41. The van der Waals surface area contributed by atoms with Crippen molar-refractivity contribution in [2.45, 2.75) is 18.4 Å². The Morgan fingerprint density at radius 3 is 2.50 bits per heavy atom. The van der Waals surface area contributed by atoms with Crippen molar-refractivity contribution in [3.63, 3.8) is 0 Å². The SMILES string of the molecule is Nc1ncnn2c(-c3cccc(C(=O)N[C@@H]4CN(C(=O)c5cccc(F)c5)C[C@@H]4F)c3)cc(C(F)(F)F)c12. The van der Waals surface area contributed by atoms with Gasteiger partial charge in [0.15, 0.2) is 5.82 Å². The average Bonchev–Trinajstić information content (AvgIpc) is 3.45. The van der Waals surface area contributed by atoms with Gasteiger partial charge in [-0.2, -0.15) is 18.3 Å². The highest BCUT2D eigenvalue weighted by molar-refractivity contribution is 5.97. The van der Waals surface area contributed by atoms with Gasteiger partial charge in [-0.1, -0.05) is 18.2 Å². The number of alkyl halides is 4. The van der Waals surface area contributed by atoms with Crippen LogP contribution in [0.3, 0.4) is 0 Å². The Labute approximate surface area is 211 Å². The zero-order valence-electron chi connectivity index (χ0n) is 19.4. The van der Waals surface area contributed by atoms with Gasteiger partial charge in [0.25, 0.3) is 11.8 Å². The van der Waals surface area contributed by atoms with Crippen LogP contribution in [0.1, 0.15) is 26.3 Å². The molecular formula is C25H19F5N6O2. The van der Waals surface area contributed by atoms with Gasteiger partial charge in [0.1, 0.15) is 23.8 Å². The van der Waals surface area contributed by atoms with Crippen LogP contribution in [0, 0.1) is 5.82 Å². The molecule has 0 spiro atoms. The summed E-state index contributed by atoms with van der Waals surface area (Å²) in [6, 6.07) is 10.5.